The molecular formula is C20H26F2. The molecule has 2 heteroatoms. The lowest BCUT2D eigenvalue weighted by molar-refractivity contribution is 0.298. The smallest absolute Gasteiger partial charge is 0.174 e. The normalized spacial score (nSPS) is 21.3. The van der Waals surface area contributed by atoms with Crippen LogP contribution in [-0.2, 0) is 0 Å². The van der Waals surface area contributed by atoms with Crippen molar-refractivity contribution in [2.45, 2.75) is 71.1 Å². The molecule has 22 heavy (non-hydrogen) atoms. The Labute approximate surface area is 133 Å². The second-order valence-electron chi connectivity index (χ2n) is 6.42. The molecule has 120 valence electrons. The molecule has 0 heterocycles. The van der Waals surface area contributed by atoms with Gasteiger partial charge in [-0.25, -0.2) is 8.78 Å². The van der Waals surface area contributed by atoms with Crippen molar-refractivity contribution in [1.82, 2.24) is 0 Å². The third kappa shape index (κ3) is 4.09. The minimum absolute atomic E-state index is 0.164. The van der Waals surface area contributed by atoms with E-state index in [0.717, 1.165) is 31.6 Å². The Balaban J connectivity index is 1.99. The van der Waals surface area contributed by atoms with Gasteiger partial charge in [0.25, 0.3) is 0 Å². The first-order valence-corrected chi connectivity index (χ1v) is 8.58. The monoisotopic (exact) mass is 304 g/mol. The highest BCUT2D eigenvalue weighted by Crippen LogP contribution is 2.39. The van der Waals surface area contributed by atoms with Crippen LogP contribution < -0.4 is 0 Å². The Morgan fingerprint density at radius 2 is 1.77 bits per heavy atom. The molecule has 2 rings (SSSR count). The number of benzene rings is 1. The van der Waals surface area contributed by atoms with Crippen molar-refractivity contribution in [2.75, 3.05) is 0 Å². The lowest BCUT2D eigenvalue weighted by Crippen LogP contribution is -2.15. The highest BCUT2D eigenvalue weighted by molar-refractivity contribution is 5.39. The van der Waals surface area contributed by atoms with Gasteiger partial charge in [-0.1, -0.05) is 44.6 Å². The molecule has 1 aliphatic carbocycles. The largest absolute Gasteiger partial charge is 0.203 e. The SMILES string of the molecule is CC#Cc1ccc(C2CCC(CCCCC)CC2)c(F)c1F. The number of rotatable bonds is 5. The molecular weight excluding hydrogens is 278 g/mol. The zero-order valence-electron chi connectivity index (χ0n) is 13.7. The number of hydrogen-bond donors (Lipinski definition) is 0. The Kier molecular flexibility index (Phi) is 6.43. The van der Waals surface area contributed by atoms with E-state index >= 15 is 0 Å². The summed E-state index contributed by atoms with van der Waals surface area (Å²) in [5.74, 6) is 4.72. The average Bonchev–Trinajstić information content (AvgIpc) is 2.53. The summed E-state index contributed by atoms with van der Waals surface area (Å²) >= 11 is 0. The van der Waals surface area contributed by atoms with Crippen LogP contribution in [0.4, 0.5) is 8.78 Å². The van der Waals surface area contributed by atoms with Crippen molar-refractivity contribution in [2.24, 2.45) is 5.92 Å². The van der Waals surface area contributed by atoms with Crippen molar-refractivity contribution < 1.29 is 8.78 Å². The summed E-state index contributed by atoms with van der Waals surface area (Å²) in [4.78, 5) is 0. The van der Waals surface area contributed by atoms with Gasteiger partial charge < -0.3 is 0 Å². The van der Waals surface area contributed by atoms with Gasteiger partial charge >= 0.3 is 0 Å². The zero-order chi connectivity index (χ0) is 15.9. The van der Waals surface area contributed by atoms with E-state index < -0.39 is 11.6 Å². The molecule has 0 radical (unpaired) electrons. The number of unbranched alkanes of at least 4 members (excludes halogenated alkanes) is 2. The fourth-order valence-electron chi connectivity index (χ4n) is 3.56. The van der Waals surface area contributed by atoms with Crippen molar-refractivity contribution >= 4 is 0 Å². The Morgan fingerprint density at radius 3 is 2.41 bits per heavy atom. The van der Waals surface area contributed by atoms with Gasteiger partial charge in [0.1, 0.15) is 0 Å². The molecule has 0 saturated heterocycles. The molecule has 0 spiro atoms. The van der Waals surface area contributed by atoms with Crippen LogP contribution in [0.2, 0.25) is 0 Å². The van der Waals surface area contributed by atoms with Gasteiger partial charge in [-0.3, -0.25) is 0 Å². The Morgan fingerprint density at radius 1 is 1.05 bits per heavy atom. The molecule has 1 aromatic carbocycles. The molecule has 0 aromatic heterocycles. The predicted octanol–water partition coefficient (Wildman–Crippen LogP) is 6.19. The molecule has 0 nitrogen and oxygen atoms in total. The number of halogens is 2. The predicted molar refractivity (Wildman–Crippen MR) is 87.8 cm³/mol. The van der Waals surface area contributed by atoms with Gasteiger partial charge in [-0.15, -0.1) is 5.92 Å². The molecule has 0 unspecified atom stereocenters. The van der Waals surface area contributed by atoms with Crippen LogP contribution in [0, 0.1) is 29.4 Å². The maximum absolute atomic E-state index is 14.3. The molecule has 1 aliphatic rings. The Hall–Kier alpha value is -1.36. The van der Waals surface area contributed by atoms with E-state index in [0.29, 0.717) is 5.56 Å². The van der Waals surface area contributed by atoms with Crippen LogP contribution in [-0.4, -0.2) is 0 Å². The lowest BCUT2D eigenvalue weighted by Gasteiger charge is -2.29. The molecule has 0 aliphatic heterocycles. The van der Waals surface area contributed by atoms with E-state index in [-0.39, 0.29) is 11.5 Å². The van der Waals surface area contributed by atoms with Crippen LogP contribution in [0.3, 0.4) is 0 Å². The molecule has 0 N–H and O–H groups in total. The minimum Gasteiger partial charge on any atom is -0.203 e. The average molecular weight is 304 g/mol. The van der Waals surface area contributed by atoms with E-state index in [1.54, 1.807) is 19.1 Å². The van der Waals surface area contributed by atoms with Gasteiger partial charge in [0.2, 0.25) is 0 Å². The first-order chi connectivity index (χ1) is 10.7. The third-order valence-electron chi connectivity index (χ3n) is 4.87. The first-order valence-electron chi connectivity index (χ1n) is 8.58. The fourth-order valence-corrected chi connectivity index (χ4v) is 3.56. The summed E-state index contributed by atoms with van der Waals surface area (Å²) < 4.78 is 28.3. The van der Waals surface area contributed by atoms with Gasteiger partial charge in [0.05, 0.1) is 5.56 Å². The van der Waals surface area contributed by atoms with Gasteiger partial charge in [0.15, 0.2) is 11.6 Å². The minimum atomic E-state index is -0.781. The summed E-state index contributed by atoms with van der Waals surface area (Å²) in [7, 11) is 0. The summed E-state index contributed by atoms with van der Waals surface area (Å²) in [6, 6.07) is 3.36. The molecule has 0 bridgehead atoms. The van der Waals surface area contributed by atoms with Gasteiger partial charge in [-0.05, 0) is 56.1 Å². The maximum atomic E-state index is 14.3. The lowest BCUT2D eigenvalue weighted by atomic mass is 9.76. The molecule has 1 saturated carbocycles. The first kappa shape index (κ1) is 17.0. The van der Waals surface area contributed by atoms with Crippen LogP contribution in [0.1, 0.15) is 82.3 Å². The van der Waals surface area contributed by atoms with Gasteiger partial charge in [0, 0.05) is 0 Å². The van der Waals surface area contributed by atoms with Crippen LogP contribution in [0.15, 0.2) is 12.1 Å². The van der Waals surface area contributed by atoms with Crippen molar-refractivity contribution in [3.8, 4) is 11.8 Å². The summed E-state index contributed by atoms with van der Waals surface area (Å²) in [6.07, 6.45) is 9.41. The maximum Gasteiger partial charge on any atom is 0.174 e. The fraction of sp³-hybridized carbons (Fsp3) is 0.600. The second-order valence-corrected chi connectivity index (χ2v) is 6.42. The standard InChI is InChI=1S/C20H26F2/c1-3-5-6-8-15-9-11-16(12-10-15)18-14-13-17(7-4-2)19(21)20(18)22/h13-16H,3,5-6,8-12H2,1-2H3. The summed E-state index contributed by atoms with van der Waals surface area (Å²) in [5.41, 5.74) is 0.711. The highest BCUT2D eigenvalue weighted by Gasteiger charge is 2.25. The van der Waals surface area contributed by atoms with E-state index in [9.17, 15) is 8.78 Å². The van der Waals surface area contributed by atoms with Crippen LogP contribution in [0.5, 0.6) is 0 Å². The van der Waals surface area contributed by atoms with Crippen molar-refractivity contribution in [3.63, 3.8) is 0 Å². The third-order valence-corrected chi connectivity index (χ3v) is 4.87. The second kappa shape index (κ2) is 8.32. The van der Waals surface area contributed by atoms with Crippen molar-refractivity contribution in [1.29, 1.82) is 0 Å². The van der Waals surface area contributed by atoms with E-state index in [2.05, 4.69) is 18.8 Å². The topological polar surface area (TPSA) is 0 Å². The quantitative estimate of drug-likeness (QED) is 0.449. The Bertz CT molecular complexity index is 543. The number of hydrogen-bond acceptors (Lipinski definition) is 0. The molecule has 0 atom stereocenters. The highest BCUT2D eigenvalue weighted by atomic mass is 19.2. The van der Waals surface area contributed by atoms with Crippen LogP contribution in [0.25, 0.3) is 0 Å². The molecule has 1 fully saturated rings. The van der Waals surface area contributed by atoms with Gasteiger partial charge in [-0.2, -0.15) is 0 Å². The zero-order valence-corrected chi connectivity index (χ0v) is 13.7. The summed E-state index contributed by atoms with van der Waals surface area (Å²) in [6.45, 7) is 3.85. The van der Waals surface area contributed by atoms with E-state index in [4.69, 9.17) is 0 Å². The van der Waals surface area contributed by atoms with E-state index in [1.165, 1.54) is 25.7 Å². The summed E-state index contributed by atoms with van der Waals surface area (Å²) in [5, 5.41) is 0. The van der Waals surface area contributed by atoms with Crippen molar-refractivity contribution in [3.05, 3.63) is 34.9 Å². The molecule has 1 aromatic rings. The van der Waals surface area contributed by atoms with E-state index in [1.807, 2.05) is 0 Å². The van der Waals surface area contributed by atoms with Crippen LogP contribution >= 0.6 is 0 Å². The molecule has 0 amide bonds.